The fraction of sp³-hybridized carbons (Fsp3) is 0.583. The van der Waals surface area contributed by atoms with Crippen LogP contribution in [0, 0.1) is 0 Å². The standard InChI is InChI=1S/C24H40NO9Si2/c1-25(14-10-16-35(28-2,29-3)30-4,15-11-17-36(31-5,32-6)33-7)19-22(26)21-18-24(27)34-23-13-9-8-12-20(21)23/h8-9,12-13,18H,10-11,14-17,19H2,1-7H3/q+1. The molecule has 0 spiro atoms. The molecule has 0 atom stereocenters. The molecule has 10 nitrogen and oxygen atoms in total. The molecule has 0 aliphatic heterocycles. The van der Waals surface area contributed by atoms with Crippen LogP contribution in [0.25, 0.3) is 11.0 Å². The van der Waals surface area contributed by atoms with Gasteiger partial charge in [-0.2, -0.15) is 0 Å². The van der Waals surface area contributed by atoms with Crippen molar-refractivity contribution in [1.82, 2.24) is 0 Å². The number of Topliss-reactive ketones (excluding diaryl/α,β-unsaturated/α-hetero) is 1. The van der Waals surface area contributed by atoms with Gasteiger partial charge in [0.05, 0.1) is 20.1 Å². The number of carbonyl (C=O) groups is 1. The maximum atomic E-state index is 13.6. The molecule has 0 radical (unpaired) electrons. The molecular weight excluding hydrogens is 502 g/mol. The van der Waals surface area contributed by atoms with Crippen LogP contribution in [-0.4, -0.2) is 97.2 Å². The second-order valence-corrected chi connectivity index (χ2v) is 15.1. The first-order valence-corrected chi connectivity index (χ1v) is 15.7. The van der Waals surface area contributed by atoms with E-state index in [1.54, 1.807) is 60.9 Å². The van der Waals surface area contributed by atoms with Gasteiger partial charge in [0.25, 0.3) is 0 Å². The zero-order chi connectivity index (χ0) is 26.8. The van der Waals surface area contributed by atoms with Crippen molar-refractivity contribution in [3.8, 4) is 0 Å². The lowest BCUT2D eigenvalue weighted by atomic mass is 10.0. The third-order valence-electron chi connectivity index (χ3n) is 6.70. The maximum absolute atomic E-state index is 13.6. The summed E-state index contributed by atoms with van der Waals surface area (Å²) in [6.07, 6.45) is 1.45. The largest absolute Gasteiger partial charge is 0.500 e. The number of quaternary nitrogens is 1. The lowest BCUT2D eigenvalue weighted by molar-refractivity contribution is -0.901. The highest BCUT2D eigenvalue weighted by Crippen LogP contribution is 2.23. The zero-order valence-electron chi connectivity index (χ0n) is 22.5. The minimum Gasteiger partial charge on any atom is -0.423 e. The molecule has 0 bridgehead atoms. The highest BCUT2D eigenvalue weighted by atomic mass is 28.4. The summed E-state index contributed by atoms with van der Waals surface area (Å²) in [5.74, 6) is -0.121. The molecule has 202 valence electrons. The van der Waals surface area contributed by atoms with E-state index in [4.69, 9.17) is 31.0 Å². The topological polar surface area (TPSA) is 103 Å². The van der Waals surface area contributed by atoms with E-state index < -0.39 is 23.2 Å². The van der Waals surface area contributed by atoms with Crippen LogP contribution in [0.5, 0.6) is 0 Å². The number of likely N-dealkylation sites (N-methyl/N-ethyl adjacent to an activating group) is 1. The Labute approximate surface area is 215 Å². The van der Waals surface area contributed by atoms with Crippen LogP contribution in [0.4, 0.5) is 0 Å². The van der Waals surface area contributed by atoms with Gasteiger partial charge in [-0.05, 0) is 6.07 Å². The SMILES string of the molecule is CO[Si](CCC[N+](C)(CCC[Si](OC)(OC)OC)CC(=O)c1cc(=O)oc2ccccc12)(OC)OC. The number of ketones is 1. The Morgan fingerprint density at radius 3 is 1.78 bits per heavy atom. The average Bonchev–Trinajstić information content (AvgIpc) is 2.89. The lowest BCUT2D eigenvalue weighted by Crippen LogP contribution is -2.51. The van der Waals surface area contributed by atoms with Crippen molar-refractivity contribution >= 4 is 34.4 Å². The Morgan fingerprint density at radius 2 is 1.31 bits per heavy atom. The van der Waals surface area contributed by atoms with E-state index in [1.165, 1.54) is 6.07 Å². The van der Waals surface area contributed by atoms with Crippen LogP contribution in [0.3, 0.4) is 0 Å². The van der Waals surface area contributed by atoms with Gasteiger partial charge in [-0.3, -0.25) is 4.79 Å². The van der Waals surface area contributed by atoms with E-state index in [9.17, 15) is 9.59 Å². The smallest absolute Gasteiger partial charge is 0.423 e. The lowest BCUT2D eigenvalue weighted by Gasteiger charge is -2.36. The molecule has 0 aliphatic rings. The highest BCUT2D eigenvalue weighted by Gasteiger charge is 2.40. The van der Waals surface area contributed by atoms with Crippen molar-refractivity contribution in [2.24, 2.45) is 0 Å². The van der Waals surface area contributed by atoms with Gasteiger partial charge in [0.15, 0.2) is 0 Å². The van der Waals surface area contributed by atoms with Gasteiger partial charge in [-0.15, -0.1) is 0 Å². The van der Waals surface area contributed by atoms with Crippen molar-refractivity contribution in [2.45, 2.75) is 24.9 Å². The Bertz CT molecular complexity index is 995. The van der Waals surface area contributed by atoms with Crippen LogP contribution >= 0.6 is 0 Å². The van der Waals surface area contributed by atoms with Gasteiger partial charge < -0.3 is 35.5 Å². The van der Waals surface area contributed by atoms with Crippen molar-refractivity contribution < 1.29 is 40.3 Å². The number of benzene rings is 1. The normalized spacial score (nSPS) is 12.9. The van der Waals surface area contributed by atoms with Gasteiger partial charge >= 0.3 is 23.2 Å². The van der Waals surface area contributed by atoms with E-state index in [0.717, 1.165) is 12.8 Å². The van der Waals surface area contributed by atoms with E-state index in [-0.39, 0.29) is 12.3 Å². The molecule has 0 unspecified atom stereocenters. The molecule has 0 saturated carbocycles. The van der Waals surface area contributed by atoms with E-state index in [1.807, 2.05) is 13.1 Å². The molecule has 1 aromatic heterocycles. The Kier molecular flexibility index (Phi) is 11.6. The molecule has 0 N–H and O–H groups in total. The molecule has 0 amide bonds. The van der Waals surface area contributed by atoms with Crippen LogP contribution < -0.4 is 5.63 Å². The number of hydrogen-bond acceptors (Lipinski definition) is 9. The van der Waals surface area contributed by atoms with E-state index in [2.05, 4.69) is 0 Å². The quantitative estimate of drug-likeness (QED) is 0.129. The van der Waals surface area contributed by atoms with Gasteiger partial charge in [-0.25, -0.2) is 4.79 Å². The molecule has 0 aliphatic carbocycles. The van der Waals surface area contributed by atoms with Gasteiger partial charge in [0.1, 0.15) is 12.1 Å². The number of carbonyl (C=O) groups excluding carboxylic acids is 1. The molecule has 12 heteroatoms. The first-order valence-electron chi connectivity index (χ1n) is 11.9. The monoisotopic (exact) mass is 542 g/mol. The molecule has 0 saturated heterocycles. The first kappa shape index (κ1) is 30.5. The van der Waals surface area contributed by atoms with Crippen molar-refractivity contribution in [2.75, 3.05) is 69.3 Å². The predicted molar refractivity (Wildman–Crippen MR) is 140 cm³/mol. The van der Waals surface area contributed by atoms with Crippen LogP contribution in [0.15, 0.2) is 39.5 Å². The number of fused-ring (bicyclic) bond motifs is 1. The van der Waals surface area contributed by atoms with Crippen molar-refractivity contribution in [3.63, 3.8) is 0 Å². The Hall–Kier alpha value is -1.75. The number of para-hydroxylation sites is 1. The van der Waals surface area contributed by atoms with E-state index in [0.29, 0.717) is 46.2 Å². The Morgan fingerprint density at radius 1 is 0.833 bits per heavy atom. The van der Waals surface area contributed by atoms with Crippen LogP contribution in [0.1, 0.15) is 23.2 Å². The van der Waals surface area contributed by atoms with Gasteiger partial charge in [-0.1, -0.05) is 18.2 Å². The molecule has 1 aromatic carbocycles. The summed E-state index contributed by atoms with van der Waals surface area (Å²) in [7, 11) is 6.09. The summed E-state index contributed by atoms with van der Waals surface area (Å²) >= 11 is 0. The fourth-order valence-electron chi connectivity index (χ4n) is 4.51. The fourth-order valence-corrected chi connectivity index (χ4v) is 7.92. The van der Waals surface area contributed by atoms with Gasteiger partial charge in [0.2, 0.25) is 5.78 Å². The Balaban J connectivity index is 2.27. The third-order valence-corrected chi connectivity index (χ3v) is 12.4. The summed E-state index contributed by atoms with van der Waals surface area (Å²) in [5, 5.41) is 0.628. The predicted octanol–water partition coefficient (Wildman–Crippen LogP) is 2.96. The summed E-state index contributed by atoms with van der Waals surface area (Å²) in [4.78, 5) is 25.7. The molecule has 2 aromatic rings. The summed E-state index contributed by atoms with van der Waals surface area (Å²) in [5.41, 5.74) is 0.225. The number of rotatable bonds is 17. The average molecular weight is 543 g/mol. The summed E-state index contributed by atoms with van der Waals surface area (Å²) in [6, 6.07) is 9.59. The third kappa shape index (κ3) is 7.63. The number of nitrogens with zero attached hydrogens (tertiary/aromatic N) is 1. The zero-order valence-corrected chi connectivity index (χ0v) is 24.5. The molecule has 1 heterocycles. The summed E-state index contributed by atoms with van der Waals surface area (Å²) in [6.45, 7) is 1.56. The second kappa shape index (κ2) is 13.7. The van der Waals surface area contributed by atoms with Crippen molar-refractivity contribution in [1.29, 1.82) is 0 Å². The molecule has 2 rings (SSSR count). The highest BCUT2D eigenvalue weighted by molar-refractivity contribution is 6.60. The van der Waals surface area contributed by atoms with Crippen molar-refractivity contribution in [3.05, 3.63) is 46.3 Å². The minimum absolute atomic E-state index is 0.121. The van der Waals surface area contributed by atoms with Gasteiger partial charge in [0, 0.05) is 84.6 Å². The summed E-state index contributed by atoms with van der Waals surface area (Å²) < 4.78 is 39.1. The number of hydrogen-bond donors (Lipinski definition) is 0. The molecular formula is C24H40NO9Si2+. The first-order chi connectivity index (χ1) is 17.1. The van der Waals surface area contributed by atoms with E-state index >= 15 is 0 Å². The molecule has 36 heavy (non-hydrogen) atoms. The van der Waals surface area contributed by atoms with Crippen LogP contribution in [0.2, 0.25) is 12.1 Å². The second-order valence-electron chi connectivity index (χ2n) is 8.92. The molecule has 0 fully saturated rings. The maximum Gasteiger partial charge on any atom is 0.500 e. The minimum atomic E-state index is -2.75. The van der Waals surface area contributed by atoms with Crippen LogP contribution in [-0.2, 0) is 26.6 Å².